The highest BCUT2D eigenvalue weighted by atomic mass is 35.5. The largest absolute Gasteiger partial charge is 0.371 e. The van der Waals surface area contributed by atoms with E-state index in [0.29, 0.717) is 5.92 Å². The highest BCUT2D eigenvalue weighted by Gasteiger charge is 2.23. The van der Waals surface area contributed by atoms with Crippen molar-refractivity contribution in [2.24, 2.45) is 0 Å². The molecule has 0 bridgehead atoms. The molecule has 3 nitrogen and oxygen atoms in total. The summed E-state index contributed by atoms with van der Waals surface area (Å²) in [5.41, 5.74) is 5.30. The number of piperidine rings is 1. The molecule has 3 aromatic rings. The Hall–Kier alpha value is -1.75. The summed E-state index contributed by atoms with van der Waals surface area (Å²) in [7, 11) is 0. The van der Waals surface area contributed by atoms with Crippen molar-refractivity contribution in [1.82, 2.24) is 9.88 Å². The molecular formula is C25H32Cl2FN3. The van der Waals surface area contributed by atoms with Crippen LogP contribution < -0.4 is 4.90 Å². The lowest BCUT2D eigenvalue weighted by Crippen LogP contribution is -2.36. The van der Waals surface area contributed by atoms with Crippen LogP contribution in [0.1, 0.15) is 42.7 Å². The highest BCUT2D eigenvalue weighted by molar-refractivity contribution is 5.85. The van der Waals surface area contributed by atoms with E-state index in [1.54, 1.807) is 6.07 Å². The molecule has 3 heterocycles. The third-order valence-electron chi connectivity index (χ3n) is 6.81. The van der Waals surface area contributed by atoms with Crippen LogP contribution in [0.25, 0.3) is 10.9 Å². The maximum atomic E-state index is 13.7. The quantitative estimate of drug-likeness (QED) is 0.488. The van der Waals surface area contributed by atoms with Gasteiger partial charge in [-0.3, -0.25) is 0 Å². The van der Waals surface area contributed by atoms with Gasteiger partial charge in [-0.2, -0.15) is 0 Å². The topological polar surface area (TPSA) is 22.3 Å². The van der Waals surface area contributed by atoms with Crippen LogP contribution in [0.3, 0.4) is 0 Å². The van der Waals surface area contributed by atoms with Crippen LogP contribution >= 0.6 is 24.8 Å². The van der Waals surface area contributed by atoms with Crippen LogP contribution in [0, 0.1) is 5.82 Å². The second-order valence-corrected chi connectivity index (χ2v) is 8.62. The van der Waals surface area contributed by atoms with E-state index in [4.69, 9.17) is 0 Å². The summed E-state index contributed by atoms with van der Waals surface area (Å²) in [5.74, 6) is 0.394. The van der Waals surface area contributed by atoms with E-state index in [1.165, 1.54) is 55.2 Å². The van der Waals surface area contributed by atoms with Crippen molar-refractivity contribution in [1.29, 1.82) is 0 Å². The van der Waals surface area contributed by atoms with E-state index in [9.17, 15) is 4.39 Å². The summed E-state index contributed by atoms with van der Waals surface area (Å²) in [6, 6.07) is 14.0. The fraction of sp³-hybridized carbons (Fsp3) is 0.440. The monoisotopic (exact) mass is 463 g/mol. The second-order valence-electron chi connectivity index (χ2n) is 8.62. The zero-order valence-electron chi connectivity index (χ0n) is 17.9. The lowest BCUT2D eigenvalue weighted by atomic mass is 9.89. The lowest BCUT2D eigenvalue weighted by Gasteiger charge is -2.34. The molecule has 5 rings (SSSR count). The Morgan fingerprint density at radius 2 is 1.77 bits per heavy atom. The van der Waals surface area contributed by atoms with Gasteiger partial charge in [0.05, 0.1) is 0 Å². The number of nitrogens with zero attached hydrogens (tertiary/aromatic N) is 2. The number of likely N-dealkylation sites (tertiary alicyclic amines) is 1. The molecule has 0 spiro atoms. The fourth-order valence-corrected chi connectivity index (χ4v) is 5.25. The number of rotatable bonds is 5. The van der Waals surface area contributed by atoms with Crippen molar-refractivity contribution >= 4 is 41.4 Å². The number of nitrogens with one attached hydrogen (secondary N) is 1. The lowest BCUT2D eigenvalue weighted by molar-refractivity contribution is 0.211. The second kappa shape index (κ2) is 10.7. The number of halogens is 3. The average molecular weight is 464 g/mol. The van der Waals surface area contributed by atoms with E-state index in [1.807, 2.05) is 6.07 Å². The molecule has 31 heavy (non-hydrogen) atoms. The number of aromatic nitrogens is 1. The predicted molar refractivity (Wildman–Crippen MR) is 133 cm³/mol. The van der Waals surface area contributed by atoms with E-state index in [2.05, 4.69) is 45.2 Å². The fourth-order valence-electron chi connectivity index (χ4n) is 5.25. The van der Waals surface area contributed by atoms with Gasteiger partial charge in [0, 0.05) is 35.9 Å². The Balaban J connectivity index is 0.00000136. The maximum absolute atomic E-state index is 13.7. The van der Waals surface area contributed by atoms with Crippen LogP contribution in [0.5, 0.6) is 0 Å². The smallest absolute Gasteiger partial charge is 0.123 e. The number of para-hydroxylation sites is 1. The third-order valence-corrected chi connectivity index (χ3v) is 6.81. The molecule has 1 saturated heterocycles. The van der Waals surface area contributed by atoms with Crippen LogP contribution in [-0.4, -0.2) is 42.6 Å². The van der Waals surface area contributed by atoms with E-state index >= 15 is 0 Å². The van der Waals surface area contributed by atoms with Gasteiger partial charge in [-0.25, -0.2) is 4.39 Å². The van der Waals surface area contributed by atoms with Gasteiger partial charge in [-0.15, -0.1) is 24.8 Å². The number of aromatic amines is 1. The van der Waals surface area contributed by atoms with Gasteiger partial charge in [-0.1, -0.05) is 18.2 Å². The summed E-state index contributed by atoms with van der Waals surface area (Å²) in [5, 5.41) is 1.06. The molecule has 2 aliphatic rings. The molecule has 1 aromatic heterocycles. The molecule has 0 unspecified atom stereocenters. The zero-order valence-corrected chi connectivity index (χ0v) is 19.5. The number of anilines is 1. The Morgan fingerprint density at radius 1 is 0.968 bits per heavy atom. The van der Waals surface area contributed by atoms with Crippen molar-refractivity contribution in [2.45, 2.75) is 38.0 Å². The van der Waals surface area contributed by atoms with Crippen molar-refractivity contribution < 1.29 is 4.39 Å². The van der Waals surface area contributed by atoms with Crippen molar-refractivity contribution in [2.75, 3.05) is 37.6 Å². The molecule has 168 valence electrons. The van der Waals surface area contributed by atoms with Crippen LogP contribution in [0.15, 0.2) is 48.7 Å². The van der Waals surface area contributed by atoms with E-state index in [0.717, 1.165) is 43.4 Å². The Labute approximate surface area is 196 Å². The molecule has 2 aromatic carbocycles. The molecular weight excluding hydrogens is 432 g/mol. The highest BCUT2D eigenvalue weighted by Crippen LogP contribution is 2.33. The minimum Gasteiger partial charge on any atom is -0.371 e. The number of hydrogen-bond acceptors (Lipinski definition) is 2. The molecule has 2 aliphatic heterocycles. The molecule has 0 amide bonds. The van der Waals surface area contributed by atoms with Crippen LogP contribution in [0.2, 0.25) is 0 Å². The summed E-state index contributed by atoms with van der Waals surface area (Å²) < 4.78 is 13.7. The van der Waals surface area contributed by atoms with Gasteiger partial charge < -0.3 is 14.8 Å². The first-order valence-electron chi connectivity index (χ1n) is 11.1. The van der Waals surface area contributed by atoms with Crippen LogP contribution in [0.4, 0.5) is 10.1 Å². The zero-order chi connectivity index (χ0) is 19.6. The molecule has 6 heteroatoms. The number of fused-ring (bicyclic) bond motifs is 2. The Morgan fingerprint density at radius 3 is 2.61 bits per heavy atom. The number of H-pyrrole nitrogens is 1. The Kier molecular flexibility index (Phi) is 8.26. The van der Waals surface area contributed by atoms with Gasteiger partial charge >= 0.3 is 0 Å². The first-order chi connectivity index (χ1) is 14.3. The van der Waals surface area contributed by atoms with Gasteiger partial charge in [0.15, 0.2) is 0 Å². The minimum atomic E-state index is -0.143. The summed E-state index contributed by atoms with van der Waals surface area (Å²) in [4.78, 5) is 8.51. The van der Waals surface area contributed by atoms with Crippen molar-refractivity contribution in [3.8, 4) is 0 Å². The van der Waals surface area contributed by atoms with E-state index < -0.39 is 0 Å². The van der Waals surface area contributed by atoms with Crippen molar-refractivity contribution in [3.05, 3.63) is 65.6 Å². The summed E-state index contributed by atoms with van der Waals surface area (Å²) in [6.45, 7) is 5.80. The molecule has 0 saturated carbocycles. The first kappa shape index (κ1) is 23.9. The predicted octanol–water partition coefficient (Wildman–Crippen LogP) is 6.17. The van der Waals surface area contributed by atoms with Gasteiger partial charge in [0.2, 0.25) is 0 Å². The average Bonchev–Trinajstić information content (AvgIpc) is 3.17. The minimum absolute atomic E-state index is 0. The van der Waals surface area contributed by atoms with Crippen molar-refractivity contribution in [3.63, 3.8) is 0 Å². The standard InChI is InChI=1S/C25H30FN3.2ClH/c26-21-8-9-24-22(17-21)23(18-27-24)19-10-15-28(16-11-19)12-4-14-29-13-3-6-20-5-1-2-7-25(20)29;;/h1-2,5,7-9,17-19,27H,3-4,6,10-16H2;2*1H. The number of aryl methyl sites for hydroxylation is 1. The SMILES string of the molecule is Cl.Cl.Fc1ccc2[nH]cc(C3CCN(CCCN4CCCc5ccccc54)CC3)c2c1. The first-order valence-corrected chi connectivity index (χ1v) is 11.1. The maximum Gasteiger partial charge on any atom is 0.123 e. The third kappa shape index (κ3) is 5.19. The van der Waals surface area contributed by atoms with Gasteiger partial charge in [0.25, 0.3) is 0 Å². The van der Waals surface area contributed by atoms with E-state index in [-0.39, 0.29) is 30.6 Å². The summed E-state index contributed by atoms with van der Waals surface area (Å²) >= 11 is 0. The molecule has 0 radical (unpaired) electrons. The van der Waals surface area contributed by atoms with Crippen LogP contribution in [-0.2, 0) is 6.42 Å². The number of hydrogen-bond donors (Lipinski definition) is 1. The molecule has 0 atom stereocenters. The molecule has 1 fully saturated rings. The molecule has 0 aliphatic carbocycles. The normalized spacial score (nSPS) is 17.1. The number of benzene rings is 2. The van der Waals surface area contributed by atoms with Gasteiger partial charge in [-0.05, 0) is 93.0 Å². The van der Waals surface area contributed by atoms with Gasteiger partial charge in [0.1, 0.15) is 5.82 Å². The molecule has 1 N–H and O–H groups in total. The summed E-state index contributed by atoms with van der Waals surface area (Å²) in [6.07, 6.45) is 8.13. The Bertz CT molecular complexity index is 982.